The van der Waals surface area contributed by atoms with Gasteiger partial charge < -0.3 is 9.47 Å². The van der Waals surface area contributed by atoms with E-state index in [9.17, 15) is 22.0 Å². The minimum Gasteiger partial charge on any atom is -0.493 e. The number of aromatic nitrogens is 3. The molecule has 34 heavy (non-hydrogen) atoms. The van der Waals surface area contributed by atoms with Crippen molar-refractivity contribution in [3.8, 4) is 28.4 Å². The van der Waals surface area contributed by atoms with Gasteiger partial charge in [-0.1, -0.05) is 18.2 Å². The molecule has 0 radical (unpaired) electrons. The maximum Gasteiger partial charge on any atom is 0.417 e. The summed E-state index contributed by atoms with van der Waals surface area (Å²) in [6.45, 7) is -3.08. The first-order valence-corrected chi connectivity index (χ1v) is 10.5. The van der Waals surface area contributed by atoms with E-state index < -0.39 is 18.4 Å². The molecule has 1 saturated carbocycles. The van der Waals surface area contributed by atoms with Crippen LogP contribution in [-0.2, 0) is 6.18 Å². The number of hydrogen-bond donors (Lipinski definition) is 0. The van der Waals surface area contributed by atoms with Crippen molar-refractivity contribution in [1.29, 1.82) is 0 Å². The molecular formula is C24H18F5N3O2. The number of rotatable bonds is 6. The van der Waals surface area contributed by atoms with E-state index >= 15 is 0 Å². The van der Waals surface area contributed by atoms with Crippen molar-refractivity contribution in [2.75, 3.05) is 7.11 Å². The SMILES string of the molecule is COc1cc(-c2cc(C(F)(F)F)c3c(C4CC4)nn(-c4ccccc4)c3n2)ccc1OC(F)F. The Kier molecular flexibility index (Phi) is 5.38. The van der Waals surface area contributed by atoms with Gasteiger partial charge in [0, 0.05) is 11.5 Å². The Hall–Kier alpha value is -3.69. The number of fused-ring (bicyclic) bond motifs is 1. The third kappa shape index (κ3) is 4.04. The summed E-state index contributed by atoms with van der Waals surface area (Å²) in [5, 5.41) is 4.52. The number of methoxy groups -OCH3 is 1. The van der Waals surface area contributed by atoms with Gasteiger partial charge in [0.2, 0.25) is 0 Å². The highest BCUT2D eigenvalue weighted by Crippen LogP contribution is 2.47. The Balaban J connectivity index is 1.76. The first-order valence-electron chi connectivity index (χ1n) is 10.5. The Morgan fingerprint density at radius 2 is 1.74 bits per heavy atom. The van der Waals surface area contributed by atoms with Crippen LogP contribution in [0, 0.1) is 0 Å². The van der Waals surface area contributed by atoms with Gasteiger partial charge in [-0.25, -0.2) is 9.67 Å². The van der Waals surface area contributed by atoms with Crippen LogP contribution >= 0.6 is 0 Å². The minimum absolute atomic E-state index is 0.00106. The van der Waals surface area contributed by atoms with E-state index in [4.69, 9.17) is 4.74 Å². The molecule has 5 nitrogen and oxygen atoms in total. The van der Waals surface area contributed by atoms with Gasteiger partial charge in [-0.3, -0.25) is 0 Å². The average Bonchev–Trinajstić information content (AvgIpc) is 3.58. The highest BCUT2D eigenvalue weighted by molar-refractivity contribution is 5.88. The summed E-state index contributed by atoms with van der Waals surface area (Å²) < 4.78 is 79.0. The lowest BCUT2D eigenvalue weighted by atomic mass is 10.0. The minimum atomic E-state index is -4.66. The normalized spacial score (nSPS) is 14.1. The lowest BCUT2D eigenvalue weighted by molar-refractivity contribution is -0.136. The fourth-order valence-corrected chi connectivity index (χ4v) is 3.93. The molecule has 5 rings (SSSR count). The van der Waals surface area contributed by atoms with Crippen LogP contribution in [0.25, 0.3) is 28.0 Å². The molecule has 1 aliphatic rings. The first kappa shape index (κ1) is 22.1. The summed E-state index contributed by atoms with van der Waals surface area (Å²) in [5.41, 5.74) is 0.438. The molecule has 0 amide bonds. The molecule has 0 unspecified atom stereocenters. The van der Waals surface area contributed by atoms with E-state index in [1.807, 2.05) is 0 Å². The maximum atomic E-state index is 14.2. The van der Waals surface area contributed by atoms with Gasteiger partial charge in [0.15, 0.2) is 17.1 Å². The highest BCUT2D eigenvalue weighted by Gasteiger charge is 2.39. The summed E-state index contributed by atoms with van der Waals surface area (Å²) in [6.07, 6.45) is -3.13. The maximum absolute atomic E-state index is 14.2. The third-order valence-electron chi connectivity index (χ3n) is 5.61. The van der Waals surface area contributed by atoms with Crippen LogP contribution in [0.15, 0.2) is 54.6 Å². The quantitative estimate of drug-likeness (QED) is 0.295. The molecule has 0 N–H and O–H groups in total. The first-order chi connectivity index (χ1) is 16.3. The zero-order valence-electron chi connectivity index (χ0n) is 17.8. The van der Waals surface area contributed by atoms with Crippen LogP contribution in [0.2, 0.25) is 0 Å². The number of pyridine rings is 1. The molecule has 2 aromatic carbocycles. The van der Waals surface area contributed by atoms with Crippen molar-refractivity contribution in [1.82, 2.24) is 14.8 Å². The molecule has 0 bridgehead atoms. The molecule has 1 aliphatic carbocycles. The number of ether oxygens (including phenoxy) is 2. The summed E-state index contributed by atoms with van der Waals surface area (Å²) >= 11 is 0. The molecule has 0 spiro atoms. The van der Waals surface area contributed by atoms with Crippen LogP contribution in [0.3, 0.4) is 0 Å². The van der Waals surface area contributed by atoms with E-state index in [0.717, 1.165) is 18.9 Å². The zero-order valence-corrected chi connectivity index (χ0v) is 17.8. The van der Waals surface area contributed by atoms with E-state index in [0.29, 0.717) is 11.4 Å². The predicted molar refractivity (Wildman–Crippen MR) is 114 cm³/mol. The Labute approximate surface area is 190 Å². The monoisotopic (exact) mass is 475 g/mol. The van der Waals surface area contributed by atoms with E-state index in [1.54, 1.807) is 30.3 Å². The summed E-state index contributed by atoms with van der Waals surface area (Å²) in [5.74, 6) is -0.334. The van der Waals surface area contributed by atoms with Crippen LogP contribution in [0.5, 0.6) is 11.5 Å². The van der Waals surface area contributed by atoms with Crippen molar-refractivity contribution in [2.45, 2.75) is 31.5 Å². The lowest BCUT2D eigenvalue weighted by Crippen LogP contribution is -2.08. The van der Waals surface area contributed by atoms with E-state index in [1.165, 1.54) is 30.0 Å². The van der Waals surface area contributed by atoms with Crippen LogP contribution < -0.4 is 9.47 Å². The molecule has 176 valence electrons. The van der Waals surface area contributed by atoms with Crippen molar-refractivity contribution >= 4 is 11.0 Å². The molecular weight excluding hydrogens is 457 g/mol. The topological polar surface area (TPSA) is 49.2 Å². The van der Waals surface area contributed by atoms with Gasteiger partial charge in [0.05, 0.1) is 35.1 Å². The van der Waals surface area contributed by atoms with Gasteiger partial charge in [-0.05, 0) is 49.2 Å². The van der Waals surface area contributed by atoms with E-state index in [-0.39, 0.29) is 39.7 Å². The van der Waals surface area contributed by atoms with Crippen molar-refractivity contribution in [3.05, 3.63) is 65.9 Å². The summed E-state index contributed by atoms with van der Waals surface area (Å²) in [7, 11) is 1.25. The van der Waals surface area contributed by atoms with Crippen LogP contribution in [0.4, 0.5) is 22.0 Å². The van der Waals surface area contributed by atoms with Crippen molar-refractivity contribution < 1.29 is 31.4 Å². The largest absolute Gasteiger partial charge is 0.493 e. The predicted octanol–water partition coefficient (Wildman–Crippen LogP) is 6.59. The van der Waals surface area contributed by atoms with Crippen LogP contribution in [0.1, 0.15) is 30.0 Å². The lowest BCUT2D eigenvalue weighted by Gasteiger charge is -2.14. The van der Waals surface area contributed by atoms with Gasteiger partial charge in [-0.2, -0.15) is 27.1 Å². The fourth-order valence-electron chi connectivity index (χ4n) is 3.93. The zero-order chi connectivity index (χ0) is 24.0. The molecule has 0 atom stereocenters. The number of hydrogen-bond acceptors (Lipinski definition) is 4. The fraction of sp³-hybridized carbons (Fsp3) is 0.250. The molecule has 10 heteroatoms. The van der Waals surface area contributed by atoms with Gasteiger partial charge in [0.1, 0.15) is 0 Å². The molecule has 1 fully saturated rings. The molecule has 2 heterocycles. The average molecular weight is 475 g/mol. The van der Waals surface area contributed by atoms with Gasteiger partial charge in [0.25, 0.3) is 0 Å². The van der Waals surface area contributed by atoms with Crippen molar-refractivity contribution in [2.24, 2.45) is 0 Å². The number of benzene rings is 2. The second-order valence-corrected chi connectivity index (χ2v) is 7.90. The van der Waals surface area contributed by atoms with E-state index in [2.05, 4.69) is 14.8 Å². The van der Waals surface area contributed by atoms with Crippen molar-refractivity contribution in [3.63, 3.8) is 0 Å². The number of halogens is 5. The third-order valence-corrected chi connectivity index (χ3v) is 5.61. The highest BCUT2D eigenvalue weighted by atomic mass is 19.4. The molecule has 4 aromatic rings. The number of nitrogens with zero attached hydrogens (tertiary/aromatic N) is 3. The standard InChI is InChI=1S/C24H18F5N3O2/c1-33-19-11-14(9-10-18(19)34-23(25)26)17-12-16(24(27,28)29)20-21(13-7-8-13)31-32(22(20)30-17)15-5-3-2-4-6-15/h2-6,9-13,23H,7-8H2,1H3. The smallest absolute Gasteiger partial charge is 0.417 e. The summed E-state index contributed by atoms with van der Waals surface area (Å²) in [6, 6.07) is 13.7. The van der Waals surface area contributed by atoms with Gasteiger partial charge >= 0.3 is 12.8 Å². The Morgan fingerprint density at radius 1 is 1.00 bits per heavy atom. The molecule has 2 aromatic heterocycles. The summed E-state index contributed by atoms with van der Waals surface area (Å²) in [4.78, 5) is 4.55. The molecule has 0 aliphatic heterocycles. The second kappa shape index (κ2) is 8.27. The van der Waals surface area contributed by atoms with Gasteiger partial charge in [-0.15, -0.1) is 0 Å². The van der Waals surface area contributed by atoms with Crippen LogP contribution in [-0.4, -0.2) is 28.5 Å². The molecule has 0 saturated heterocycles. The number of para-hydroxylation sites is 1. The Bertz CT molecular complexity index is 1350. The number of alkyl halides is 5. The second-order valence-electron chi connectivity index (χ2n) is 7.90. The Morgan fingerprint density at radius 3 is 2.35 bits per heavy atom.